The third-order valence-corrected chi connectivity index (χ3v) is 5.82. The number of hydrogen-bond acceptors (Lipinski definition) is 5. The van der Waals surface area contributed by atoms with Gasteiger partial charge in [-0.2, -0.15) is 0 Å². The number of aromatic nitrogens is 1. The van der Waals surface area contributed by atoms with Crippen LogP contribution in [0, 0.1) is 5.41 Å². The molecule has 0 aliphatic carbocycles. The van der Waals surface area contributed by atoms with Crippen LogP contribution in [-0.4, -0.2) is 16.8 Å². The van der Waals surface area contributed by atoms with Crippen LogP contribution < -0.4 is 0 Å². The van der Waals surface area contributed by atoms with Gasteiger partial charge in [0.15, 0.2) is 6.10 Å². The smallest absolute Gasteiger partial charge is 0.236 e. The summed E-state index contributed by atoms with van der Waals surface area (Å²) in [4.78, 5) is 9.57. The normalized spacial score (nSPS) is 18.0. The summed E-state index contributed by atoms with van der Waals surface area (Å²) < 4.78 is 12.2. The fraction of sp³-hybridized carbons (Fsp3) is 0.138. The Kier molecular flexibility index (Phi) is 6.17. The van der Waals surface area contributed by atoms with E-state index in [4.69, 9.17) is 19.9 Å². The van der Waals surface area contributed by atoms with Crippen molar-refractivity contribution in [3.63, 3.8) is 0 Å². The molecule has 3 aromatic carbocycles. The number of nitrogens with one attached hydrogen (secondary N) is 1. The Morgan fingerprint density at radius 1 is 0.794 bits per heavy atom. The van der Waals surface area contributed by atoms with Gasteiger partial charge in [0.1, 0.15) is 23.5 Å². The first kappa shape index (κ1) is 21.6. The highest BCUT2D eigenvalue weighted by Crippen LogP contribution is 2.40. The molecule has 1 aromatic heterocycles. The summed E-state index contributed by atoms with van der Waals surface area (Å²) >= 11 is 0. The Bertz CT molecular complexity index is 1290. The summed E-state index contributed by atoms with van der Waals surface area (Å²) in [6, 6.07) is 35.4. The van der Waals surface area contributed by atoms with Crippen molar-refractivity contribution >= 4 is 11.8 Å². The van der Waals surface area contributed by atoms with Crippen LogP contribution in [0.5, 0.6) is 0 Å². The minimum absolute atomic E-state index is 0.0102. The lowest BCUT2D eigenvalue weighted by Gasteiger charge is -2.18. The molecule has 1 aliphatic heterocycles. The maximum Gasteiger partial charge on any atom is 0.236 e. The highest BCUT2D eigenvalue weighted by molar-refractivity contribution is 5.96. The highest BCUT2D eigenvalue weighted by Gasteiger charge is 2.34. The van der Waals surface area contributed by atoms with Crippen LogP contribution in [0.25, 0.3) is 0 Å². The fourth-order valence-electron chi connectivity index (χ4n) is 4.04. The SMILES string of the molecule is C[C@H](OC(=N)c1cccc(C2=N[C@@H](c3ccccc3)[C@@H](c3ccccc3)O2)n1)c1ccccc1. The monoisotopic (exact) mass is 447 g/mol. The topological polar surface area (TPSA) is 67.6 Å². The van der Waals surface area contributed by atoms with Crippen molar-refractivity contribution in [3.05, 3.63) is 137 Å². The molecule has 5 rings (SSSR count). The first-order chi connectivity index (χ1) is 16.7. The van der Waals surface area contributed by atoms with E-state index in [0.29, 0.717) is 17.3 Å². The zero-order valence-corrected chi connectivity index (χ0v) is 18.8. The van der Waals surface area contributed by atoms with E-state index >= 15 is 0 Å². The van der Waals surface area contributed by atoms with Crippen molar-refractivity contribution in [2.45, 2.75) is 25.2 Å². The largest absolute Gasteiger partial charge is 0.469 e. The standard InChI is InChI=1S/C29H25N3O2/c1-20(21-12-5-2-6-13-21)33-28(30)24-18-11-19-25(31-24)29-32-26(22-14-7-3-8-15-22)27(34-29)23-16-9-4-10-17-23/h2-20,26-27,30H,1H3/t20-,26-,27+/m0/s1. The molecule has 0 spiro atoms. The summed E-state index contributed by atoms with van der Waals surface area (Å²) in [5.41, 5.74) is 4.15. The molecule has 1 N–H and O–H groups in total. The van der Waals surface area contributed by atoms with Gasteiger partial charge in [-0.3, -0.25) is 5.41 Å². The first-order valence-corrected chi connectivity index (χ1v) is 11.3. The fourth-order valence-corrected chi connectivity index (χ4v) is 4.04. The van der Waals surface area contributed by atoms with Gasteiger partial charge in [0.25, 0.3) is 0 Å². The minimum atomic E-state index is -0.260. The summed E-state index contributed by atoms with van der Waals surface area (Å²) in [5.74, 6) is 0.476. The molecule has 3 atom stereocenters. The number of pyridine rings is 1. The number of hydrogen-bond donors (Lipinski definition) is 1. The van der Waals surface area contributed by atoms with Gasteiger partial charge >= 0.3 is 0 Å². The average molecular weight is 448 g/mol. The number of nitrogens with zero attached hydrogens (tertiary/aromatic N) is 2. The molecule has 4 aromatic rings. The number of rotatable bonds is 6. The molecule has 5 nitrogen and oxygen atoms in total. The molecule has 5 heteroatoms. The lowest BCUT2D eigenvalue weighted by atomic mass is 9.97. The molecule has 0 bridgehead atoms. The molecule has 0 saturated carbocycles. The third kappa shape index (κ3) is 4.59. The molecule has 0 saturated heterocycles. The van der Waals surface area contributed by atoms with Crippen LogP contribution in [0.4, 0.5) is 0 Å². The maximum atomic E-state index is 8.46. The second-order valence-corrected chi connectivity index (χ2v) is 8.15. The summed E-state index contributed by atoms with van der Waals surface area (Å²) in [6.07, 6.45) is -0.512. The maximum absolute atomic E-state index is 8.46. The quantitative estimate of drug-likeness (QED) is 0.273. The van der Waals surface area contributed by atoms with Gasteiger partial charge in [-0.25, -0.2) is 9.98 Å². The Hall–Kier alpha value is -4.25. The molecule has 2 heterocycles. The van der Waals surface area contributed by atoms with Crippen LogP contribution in [0.2, 0.25) is 0 Å². The first-order valence-electron chi connectivity index (χ1n) is 11.3. The predicted molar refractivity (Wildman–Crippen MR) is 133 cm³/mol. The van der Waals surface area contributed by atoms with E-state index in [9.17, 15) is 0 Å². The number of ether oxygens (including phenoxy) is 2. The van der Waals surface area contributed by atoms with Crippen LogP contribution in [-0.2, 0) is 9.47 Å². The van der Waals surface area contributed by atoms with E-state index in [-0.39, 0.29) is 24.1 Å². The average Bonchev–Trinajstić information content (AvgIpc) is 3.36. The summed E-state index contributed by atoms with van der Waals surface area (Å²) in [5, 5.41) is 8.46. The van der Waals surface area contributed by atoms with Crippen molar-refractivity contribution in [3.8, 4) is 0 Å². The zero-order chi connectivity index (χ0) is 23.3. The Morgan fingerprint density at radius 3 is 2.09 bits per heavy atom. The Labute approximate surface area is 199 Å². The Balaban J connectivity index is 1.41. The van der Waals surface area contributed by atoms with Crippen molar-refractivity contribution in [2.75, 3.05) is 0 Å². The minimum Gasteiger partial charge on any atom is -0.469 e. The van der Waals surface area contributed by atoms with E-state index in [0.717, 1.165) is 16.7 Å². The van der Waals surface area contributed by atoms with Gasteiger partial charge in [0.05, 0.1) is 0 Å². The van der Waals surface area contributed by atoms with Crippen molar-refractivity contribution in [1.82, 2.24) is 4.98 Å². The van der Waals surface area contributed by atoms with Gasteiger partial charge in [-0.15, -0.1) is 0 Å². The molecule has 0 fully saturated rings. The van der Waals surface area contributed by atoms with Gasteiger partial charge in [-0.1, -0.05) is 97.1 Å². The lowest BCUT2D eigenvalue weighted by Crippen LogP contribution is -2.14. The van der Waals surface area contributed by atoms with Gasteiger partial charge in [-0.05, 0) is 35.7 Å². The van der Waals surface area contributed by atoms with Crippen LogP contribution in [0.1, 0.15) is 53.3 Å². The van der Waals surface area contributed by atoms with Crippen LogP contribution >= 0.6 is 0 Å². The molecular weight excluding hydrogens is 422 g/mol. The molecule has 0 unspecified atom stereocenters. The number of benzene rings is 3. The van der Waals surface area contributed by atoms with E-state index in [1.165, 1.54) is 0 Å². The van der Waals surface area contributed by atoms with Gasteiger partial charge in [0, 0.05) is 0 Å². The van der Waals surface area contributed by atoms with Gasteiger partial charge in [0.2, 0.25) is 11.8 Å². The highest BCUT2D eigenvalue weighted by atomic mass is 16.5. The molecule has 0 radical (unpaired) electrons. The second kappa shape index (κ2) is 9.71. The predicted octanol–water partition coefficient (Wildman–Crippen LogP) is 6.44. The van der Waals surface area contributed by atoms with E-state index in [2.05, 4.69) is 29.2 Å². The second-order valence-electron chi connectivity index (χ2n) is 8.15. The van der Waals surface area contributed by atoms with E-state index in [1.807, 2.05) is 85.8 Å². The van der Waals surface area contributed by atoms with E-state index < -0.39 is 0 Å². The number of aliphatic imine (C=N–C) groups is 1. The van der Waals surface area contributed by atoms with Crippen LogP contribution in [0.15, 0.2) is 114 Å². The van der Waals surface area contributed by atoms with Crippen molar-refractivity contribution in [1.29, 1.82) is 5.41 Å². The van der Waals surface area contributed by atoms with E-state index in [1.54, 1.807) is 6.07 Å². The summed E-state index contributed by atoms with van der Waals surface area (Å²) in [6.45, 7) is 1.92. The molecule has 0 amide bonds. The van der Waals surface area contributed by atoms with Gasteiger partial charge < -0.3 is 9.47 Å². The Morgan fingerprint density at radius 2 is 1.41 bits per heavy atom. The molecule has 34 heavy (non-hydrogen) atoms. The third-order valence-electron chi connectivity index (χ3n) is 5.82. The van der Waals surface area contributed by atoms with Crippen molar-refractivity contribution in [2.24, 2.45) is 4.99 Å². The molecular formula is C29H25N3O2. The lowest BCUT2D eigenvalue weighted by molar-refractivity contribution is 0.196. The summed E-state index contributed by atoms with van der Waals surface area (Å²) in [7, 11) is 0. The molecule has 1 aliphatic rings. The van der Waals surface area contributed by atoms with Crippen LogP contribution in [0.3, 0.4) is 0 Å². The zero-order valence-electron chi connectivity index (χ0n) is 18.8. The molecule has 168 valence electrons. The van der Waals surface area contributed by atoms with Crippen molar-refractivity contribution < 1.29 is 9.47 Å².